The predicted molar refractivity (Wildman–Crippen MR) is 67.2 cm³/mol. The van der Waals surface area contributed by atoms with Crippen LogP contribution in [0.3, 0.4) is 0 Å². The van der Waals surface area contributed by atoms with Gasteiger partial charge in [-0.15, -0.1) is 0 Å². The van der Waals surface area contributed by atoms with E-state index in [0.29, 0.717) is 6.61 Å². The van der Waals surface area contributed by atoms with Crippen LogP contribution in [0.15, 0.2) is 24.3 Å². The van der Waals surface area contributed by atoms with E-state index in [9.17, 15) is 4.79 Å². The fraction of sp³-hybridized carbons (Fsp3) is 0.462. The number of thioether (sulfide) groups is 1. The van der Waals surface area contributed by atoms with Gasteiger partial charge in [0.1, 0.15) is 6.10 Å². The van der Waals surface area contributed by atoms with Gasteiger partial charge in [-0.25, -0.2) is 0 Å². The first-order valence-corrected chi connectivity index (χ1v) is 6.79. The Hall–Kier alpha value is -0.800. The summed E-state index contributed by atoms with van der Waals surface area (Å²) < 4.78 is 5.48. The molecule has 16 heavy (non-hydrogen) atoms. The Morgan fingerprint density at radius 2 is 2.19 bits per heavy atom. The number of aryl methyl sites for hydroxylation is 1. The number of carbonyl (C=O) groups excluding carboxylic acids is 1. The summed E-state index contributed by atoms with van der Waals surface area (Å²) in [7, 11) is 0. The highest BCUT2D eigenvalue weighted by atomic mass is 32.2. The topological polar surface area (TPSA) is 26.3 Å². The van der Waals surface area contributed by atoms with Crippen molar-refractivity contribution in [2.24, 2.45) is 0 Å². The van der Waals surface area contributed by atoms with Crippen LogP contribution >= 0.6 is 11.8 Å². The normalized spacial score (nSPS) is 20.7. The summed E-state index contributed by atoms with van der Waals surface area (Å²) in [5, 5.41) is 0. The lowest BCUT2D eigenvalue weighted by Crippen LogP contribution is -2.31. The van der Waals surface area contributed by atoms with Gasteiger partial charge >= 0.3 is 0 Å². The number of benzene rings is 1. The van der Waals surface area contributed by atoms with Crippen LogP contribution in [0.4, 0.5) is 0 Å². The summed E-state index contributed by atoms with van der Waals surface area (Å²) in [5.41, 5.74) is 2.03. The first kappa shape index (κ1) is 11.7. The Labute approximate surface area is 100 Å². The Balaban J connectivity index is 2.07. The quantitative estimate of drug-likeness (QED) is 0.754. The van der Waals surface area contributed by atoms with Gasteiger partial charge in [-0.05, 0) is 12.0 Å². The molecule has 0 aromatic heterocycles. The molecule has 1 aromatic carbocycles. The summed E-state index contributed by atoms with van der Waals surface area (Å²) in [5.74, 6) is 1.90. The van der Waals surface area contributed by atoms with Crippen LogP contribution in [0.25, 0.3) is 0 Å². The Morgan fingerprint density at radius 3 is 2.75 bits per heavy atom. The maximum atomic E-state index is 12.1. The number of Topliss-reactive ketones (excluding diaryl/α,β-unsaturated/α-hetero) is 1. The smallest absolute Gasteiger partial charge is 0.192 e. The van der Waals surface area contributed by atoms with E-state index in [4.69, 9.17) is 4.74 Å². The van der Waals surface area contributed by atoms with Crippen molar-refractivity contribution in [3.63, 3.8) is 0 Å². The maximum Gasteiger partial charge on any atom is 0.192 e. The second-order valence-corrected chi connectivity index (χ2v) is 5.00. The molecule has 1 aromatic rings. The van der Waals surface area contributed by atoms with E-state index < -0.39 is 0 Å². The summed E-state index contributed by atoms with van der Waals surface area (Å²) in [6.45, 7) is 2.80. The first-order chi connectivity index (χ1) is 7.81. The minimum atomic E-state index is -0.244. The fourth-order valence-corrected chi connectivity index (χ4v) is 2.57. The average Bonchev–Trinajstić information content (AvgIpc) is 2.39. The first-order valence-electron chi connectivity index (χ1n) is 5.63. The number of ether oxygens (including phenoxy) is 1. The van der Waals surface area contributed by atoms with E-state index in [1.54, 1.807) is 11.8 Å². The third-order valence-corrected chi connectivity index (χ3v) is 3.75. The van der Waals surface area contributed by atoms with Crippen LogP contribution in [-0.2, 0) is 11.2 Å². The number of ketones is 1. The van der Waals surface area contributed by atoms with E-state index >= 15 is 0 Å². The monoisotopic (exact) mass is 236 g/mol. The summed E-state index contributed by atoms with van der Waals surface area (Å²) in [4.78, 5) is 12.1. The largest absolute Gasteiger partial charge is 0.368 e. The molecule has 1 unspecified atom stereocenters. The van der Waals surface area contributed by atoms with Gasteiger partial charge < -0.3 is 4.74 Å². The molecule has 0 spiro atoms. The maximum absolute atomic E-state index is 12.1. The van der Waals surface area contributed by atoms with Crippen LogP contribution in [0.5, 0.6) is 0 Å². The predicted octanol–water partition coefficient (Wildman–Crippen LogP) is 2.56. The van der Waals surface area contributed by atoms with Crippen molar-refractivity contribution in [2.45, 2.75) is 19.4 Å². The highest BCUT2D eigenvalue weighted by Gasteiger charge is 2.23. The molecule has 0 radical (unpaired) electrons. The van der Waals surface area contributed by atoms with Gasteiger partial charge in [0.05, 0.1) is 6.61 Å². The Morgan fingerprint density at radius 1 is 1.44 bits per heavy atom. The highest BCUT2D eigenvalue weighted by molar-refractivity contribution is 7.99. The molecule has 0 amide bonds. The fourth-order valence-electron chi connectivity index (χ4n) is 1.73. The molecule has 0 bridgehead atoms. The van der Waals surface area contributed by atoms with Crippen molar-refractivity contribution in [3.8, 4) is 0 Å². The molecule has 86 valence electrons. The van der Waals surface area contributed by atoms with E-state index in [-0.39, 0.29) is 11.9 Å². The summed E-state index contributed by atoms with van der Waals surface area (Å²) in [6.07, 6.45) is 0.760. The van der Waals surface area contributed by atoms with E-state index in [0.717, 1.165) is 23.5 Å². The Bertz CT molecular complexity index is 353. The molecular formula is C13H16O2S. The van der Waals surface area contributed by atoms with Crippen LogP contribution < -0.4 is 0 Å². The number of carbonyl (C=O) groups is 1. The molecule has 0 aliphatic carbocycles. The van der Waals surface area contributed by atoms with E-state index in [1.165, 1.54) is 5.56 Å². The standard InChI is InChI=1S/C13H16O2S/c1-2-10-3-5-11(6-4-10)13(14)12-9-16-8-7-15-12/h3-6,12H,2,7-9H2,1H3. The zero-order valence-corrected chi connectivity index (χ0v) is 10.3. The third-order valence-electron chi connectivity index (χ3n) is 2.76. The Kier molecular flexibility index (Phi) is 4.02. The van der Waals surface area contributed by atoms with Crippen molar-refractivity contribution in [3.05, 3.63) is 35.4 Å². The van der Waals surface area contributed by atoms with Gasteiger partial charge in [0.25, 0.3) is 0 Å². The second kappa shape index (κ2) is 5.51. The number of hydrogen-bond donors (Lipinski definition) is 0. The minimum absolute atomic E-state index is 0.120. The summed E-state index contributed by atoms with van der Waals surface area (Å²) in [6, 6.07) is 7.85. The molecule has 1 heterocycles. The molecule has 1 aliphatic rings. The van der Waals surface area contributed by atoms with Crippen molar-refractivity contribution >= 4 is 17.5 Å². The zero-order valence-electron chi connectivity index (χ0n) is 9.44. The van der Waals surface area contributed by atoms with Gasteiger partial charge in [-0.1, -0.05) is 31.2 Å². The lowest BCUT2D eigenvalue weighted by molar-refractivity contribution is 0.0519. The van der Waals surface area contributed by atoms with Crippen molar-refractivity contribution < 1.29 is 9.53 Å². The molecule has 3 heteroatoms. The van der Waals surface area contributed by atoms with Gasteiger partial charge in [0.15, 0.2) is 5.78 Å². The molecule has 1 saturated heterocycles. The SMILES string of the molecule is CCc1ccc(C(=O)C2CSCCO2)cc1. The van der Waals surface area contributed by atoms with E-state index in [2.05, 4.69) is 6.92 Å². The molecule has 1 fully saturated rings. The molecular weight excluding hydrogens is 220 g/mol. The van der Waals surface area contributed by atoms with Crippen molar-refractivity contribution in [1.29, 1.82) is 0 Å². The van der Waals surface area contributed by atoms with Crippen molar-refractivity contribution in [1.82, 2.24) is 0 Å². The van der Waals surface area contributed by atoms with Gasteiger partial charge in [0, 0.05) is 17.1 Å². The summed E-state index contributed by atoms with van der Waals surface area (Å²) >= 11 is 1.79. The van der Waals surface area contributed by atoms with Gasteiger partial charge in [-0.2, -0.15) is 11.8 Å². The number of hydrogen-bond acceptors (Lipinski definition) is 3. The van der Waals surface area contributed by atoms with Gasteiger partial charge in [-0.3, -0.25) is 4.79 Å². The third kappa shape index (κ3) is 2.66. The van der Waals surface area contributed by atoms with Crippen LogP contribution in [-0.4, -0.2) is 30.0 Å². The molecule has 1 atom stereocenters. The lowest BCUT2D eigenvalue weighted by Gasteiger charge is -2.21. The van der Waals surface area contributed by atoms with Gasteiger partial charge in [0.2, 0.25) is 0 Å². The van der Waals surface area contributed by atoms with Crippen LogP contribution in [0, 0.1) is 0 Å². The van der Waals surface area contributed by atoms with E-state index in [1.807, 2.05) is 24.3 Å². The molecule has 0 saturated carbocycles. The molecule has 2 nitrogen and oxygen atoms in total. The number of rotatable bonds is 3. The second-order valence-electron chi connectivity index (χ2n) is 3.85. The molecule has 2 rings (SSSR count). The molecule has 1 aliphatic heterocycles. The zero-order chi connectivity index (χ0) is 11.4. The van der Waals surface area contributed by atoms with Crippen LogP contribution in [0.2, 0.25) is 0 Å². The average molecular weight is 236 g/mol. The van der Waals surface area contributed by atoms with Crippen LogP contribution in [0.1, 0.15) is 22.8 Å². The lowest BCUT2D eigenvalue weighted by atomic mass is 10.0. The molecule has 0 N–H and O–H groups in total. The van der Waals surface area contributed by atoms with Crippen molar-refractivity contribution in [2.75, 3.05) is 18.1 Å². The highest BCUT2D eigenvalue weighted by Crippen LogP contribution is 2.17. The minimum Gasteiger partial charge on any atom is -0.368 e.